The first-order valence-electron chi connectivity index (χ1n) is 5.65. The minimum absolute atomic E-state index is 0.0680. The minimum Gasteiger partial charge on any atom is -0.392 e. The molecule has 0 bridgehead atoms. The van der Waals surface area contributed by atoms with E-state index in [-0.39, 0.29) is 17.3 Å². The Labute approximate surface area is 107 Å². The number of carbonyl (C=O) groups excluding carboxylic acids is 1. The van der Waals surface area contributed by atoms with Gasteiger partial charge in [-0.3, -0.25) is 4.79 Å². The molecule has 0 heterocycles. The number of aliphatic hydroxyl groups is 1. The van der Waals surface area contributed by atoms with Gasteiger partial charge in [0, 0.05) is 23.6 Å². The Hall–Kier alpha value is -1.00. The summed E-state index contributed by atoms with van der Waals surface area (Å²) in [5, 5.41) is 12.2. The lowest BCUT2D eigenvalue weighted by Crippen LogP contribution is -2.17. The molecule has 0 saturated heterocycles. The second-order valence-electron chi connectivity index (χ2n) is 4.03. The molecule has 0 aliphatic heterocycles. The Kier molecular flexibility index (Phi) is 5.51. The van der Waals surface area contributed by atoms with Crippen molar-refractivity contribution in [3.05, 3.63) is 35.4 Å². The van der Waals surface area contributed by atoms with Crippen LogP contribution in [0.4, 0.5) is 0 Å². The van der Waals surface area contributed by atoms with Crippen LogP contribution in [0.25, 0.3) is 0 Å². The third-order valence-electron chi connectivity index (χ3n) is 2.64. The van der Waals surface area contributed by atoms with Crippen molar-refractivity contribution in [3.8, 4) is 0 Å². The summed E-state index contributed by atoms with van der Waals surface area (Å²) in [5.74, 6) is 0.779. The zero-order chi connectivity index (χ0) is 12.8. The lowest BCUT2D eigenvalue weighted by atomic mass is 10.1. The van der Waals surface area contributed by atoms with Crippen LogP contribution in [-0.2, 0) is 5.75 Å². The van der Waals surface area contributed by atoms with Crippen molar-refractivity contribution in [2.24, 2.45) is 0 Å². The van der Waals surface area contributed by atoms with Crippen LogP contribution in [0.1, 0.15) is 29.8 Å². The molecule has 0 fully saturated rings. The van der Waals surface area contributed by atoms with Crippen molar-refractivity contribution in [2.75, 3.05) is 7.05 Å². The summed E-state index contributed by atoms with van der Waals surface area (Å²) in [6.07, 6.45) is -0.301. The number of thioether (sulfide) groups is 1. The van der Waals surface area contributed by atoms with Gasteiger partial charge in [0.05, 0.1) is 6.10 Å². The maximum Gasteiger partial charge on any atom is 0.251 e. The molecule has 1 aromatic rings. The van der Waals surface area contributed by atoms with Gasteiger partial charge in [0.1, 0.15) is 0 Å². The highest BCUT2D eigenvalue weighted by atomic mass is 32.2. The average Bonchev–Trinajstić information content (AvgIpc) is 2.35. The first kappa shape index (κ1) is 14.1. The third kappa shape index (κ3) is 4.40. The monoisotopic (exact) mass is 253 g/mol. The number of carbonyl (C=O) groups is 1. The van der Waals surface area contributed by atoms with E-state index in [4.69, 9.17) is 0 Å². The third-order valence-corrected chi connectivity index (χ3v) is 4.06. The molecule has 1 aromatic carbocycles. The van der Waals surface area contributed by atoms with Crippen molar-refractivity contribution in [1.29, 1.82) is 0 Å². The zero-order valence-corrected chi connectivity index (χ0v) is 11.3. The van der Waals surface area contributed by atoms with Gasteiger partial charge < -0.3 is 10.4 Å². The number of nitrogens with one attached hydrogen (secondary N) is 1. The van der Waals surface area contributed by atoms with Gasteiger partial charge in [0.2, 0.25) is 0 Å². The summed E-state index contributed by atoms with van der Waals surface area (Å²) in [5.41, 5.74) is 1.83. The SMILES string of the molecule is CNC(=O)c1ccc(CS[C@@H](C)[C@@H](C)O)cc1. The fourth-order valence-electron chi connectivity index (χ4n) is 1.26. The van der Waals surface area contributed by atoms with Gasteiger partial charge >= 0.3 is 0 Å². The molecule has 0 aliphatic rings. The van der Waals surface area contributed by atoms with E-state index in [1.807, 2.05) is 31.2 Å². The summed E-state index contributed by atoms with van der Waals surface area (Å²) in [6.45, 7) is 3.81. The smallest absolute Gasteiger partial charge is 0.251 e. The Morgan fingerprint density at radius 2 is 1.94 bits per heavy atom. The number of aliphatic hydroxyl groups excluding tert-OH is 1. The van der Waals surface area contributed by atoms with E-state index in [0.29, 0.717) is 5.56 Å². The van der Waals surface area contributed by atoms with Gasteiger partial charge in [0.15, 0.2) is 0 Å². The van der Waals surface area contributed by atoms with Crippen molar-refractivity contribution < 1.29 is 9.90 Å². The second-order valence-corrected chi connectivity index (χ2v) is 5.40. The summed E-state index contributed by atoms with van der Waals surface area (Å²) in [4.78, 5) is 11.3. The molecule has 94 valence electrons. The Morgan fingerprint density at radius 3 is 2.41 bits per heavy atom. The Bertz CT molecular complexity index is 362. The topological polar surface area (TPSA) is 49.3 Å². The second kappa shape index (κ2) is 6.67. The fraction of sp³-hybridized carbons (Fsp3) is 0.462. The molecule has 0 aromatic heterocycles. The molecule has 0 aliphatic carbocycles. The fourth-order valence-corrected chi connectivity index (χ4v) is 2.19. The Morgan fingerprint density at radius 1 is 1.35 bits per heavy atom. The first-order chi connectivity index (χ1) is 8.04. The van der Waals surface area contributed by atoms with E-state index < -0.39 is 0 Å². The molecule has 17 heavy (non-hydrogen) atoms. The summed E-state index contributed by atoms with van der Waals surface area (Å²) >= 11 is 1.71. The molecule has 0 unspecified atom stereocenters. The van der Waals surface area contributed by atoms with E-state index in [0.717, 1.165) is 11.3 Å². The van der Waals surface area contributed by atoms with E-state index in [1.165, 1.54) is 0 Å². The maximum absolute atomic E-state index is 11.3. The molecule has 2 N–H and O–H groups in total. The van der Waals surface area contributed by atoms with Crippen molar-refractivity contribution in [3.63, 3.8) is 0 Å². The van der Waals surface area contributed by atoms with E-state index in [2.05, 4.69) is 5.32 Å². The predicted molar refractivity (Wildman–Crippen MR) is 72.3 cm³/mol. The maximum atomic E-state index is 11.3. The lowest BCUT2D eigenvalue weighted by molar-refractivity contribution is 0.0963. The minimum atomic E-state index is -0.301. The molecule has 1 rings (SSSR count). The van der Waals surface area contributed by atoms with Gasteiger partial charge in [-0.1, -0.05) is 19.1 Å². The molecule has 0 spiro atoms. The van der Waals surface area contributed by atoms with Crippen LogP contribution in [0.2, 0.25) is 0 Å². The van der Waals surface area contributed by atoms with Gasteiger partial charge in [0.25, 0.3) is 5.91 Å². The van der Waals surface area contributed by atoms with Crippen LogP contribution in [0, 0.1) is 0 Å². The molecule has 1 amide bonds. The number of amides is 1. The number of benzene rings is 1. The van der Waals surface area contributed by atoms with E-state index >= 15 is 0 Å². The largest absolute Gasteiger partial charge is 0.392 e. The van der Waals surface area contributed by atoms with E-state index in [9.17, 15) is 9.90 Å². The molecular formula is C13H19NO2S. The highest BCUT2D eigenvalue weighted by molar-refractivity contribution is 7.99. The number of rotatable bonds is 5. The lowest BCUT2D eigenvalue weighted by Gasteiger charge is -2.13. The predicted octanol–water partition coefficient (Wildman–Crippen LogP) is 2.05. The average molecular weight is 253 g/mol. The van der Waals surface area contributed by atoms with Crippen LogP contribution in [0.15, 0.2) is 24.3 Å². The normalized spacial score (nSPS) is 14.1. The molecule has 2 atom stereocenters. The number of hydrogen-bond acceptors (Lipinski definition) is 3. The van der Waals surface area contributed by atoms with Crippen molar-refractivity contribution in [2.45, 2.75) is 31.0 Å². The van der Waals surface area contributed by atoms with Crippen LogP contribution in [0.5, 0.6) is 0 Å². The van der Waals surface area contributed by atoms with Crippen LogP contribution in [0.3, 0.4) is 0 Å². The number of hydrogen-bond donors (Lipinski definition) is 2. The van der Waals surface area contributed by atoms with Crippen LogP contribution >= 0.6 is 11.8 Å². The molecule has 0 saturated carbocycles. The van der Waals surface area contributed by atoms with Crippen LogP contribution in [-0.4, -0.2) is 29.4 Å². The molecule has 0 radical (unpaired) electrons. The molecular weight excluding hydrogens is 234 g/mol. The van der Waals surface area contributed by atoms with Crippen LogP contribution < -0.4 is 5.32 Å². The van der Waals surface area contributed by atoms with Gasteiger partial charge in [-0.15, -0.1) is 0 Å². The standard InChI is InChI=1S/C13H19NO2S/c1-9(15)10(2)17-8-11-4-6-12(7-5-11)13(16)14-3/h4-7,9-10,15H,8H2,1-3H3,(H,14,16)/t9-,10+/m1/s1. The van der Waals surface area contributed by atoms with Gasteiger partial charge in [-0.2, -0.15) is 11.8 Å². The first-order valence-corrected chi connectivity index (χ1v) is 6.70. The van der Waals surface area contributed by atoms with Gasteiger partial charge in [-0.25, -0.2) is 0 Å². The van der Waals surface area contributed by atoms with Gasteiger partial charge in [-0.05, 0) is 24.6 Å². The van der Waals surface area contributed by atoms with Crippen molar-refractivity contribution >= 4 is 17.7 Å². The highest BCUT2D eigenvalue weighted by Gasteiger charge is 2.09. The summed E-state index contributed by atoms with van der Waals surface area (Å²) in [7, 11) is 1.62. The summed E-state index contributed by atoms with van der Waals surface area (Å²) in [6, 6.07) is 7.54. The highest BCUT2D eigenvalue weighted by Crippen LogP contribution is 2.20. The molecule has 3 nitrogen and oxygen atoms in total. The molecule has 4 heteroatoms. The van der Waals surface area contributed by atoms with Crippen molar-refractivity contribution in [1.82, 2.24) is 5.32 Å². The quantitative estimate of drug-likeness (QED) is 0.844. The zero-order valence-electron chi connectivity index (χ0n) is 10.4. The van der Waals surface area contributed by atoms with E-state index in [1.54, 1.807) is 25.7 Å². The summed E-state index contributed by atoms with van der Waals surface area (Å²) < 4.78 is 0. The Balaban J connectivity index is 2.54.